The van der Waals surface area contributed by atoms with Gasteiger partial charge in [0, 0.05) is 18.4 Å². The summed E-state index contributed by atoms with van der Waals surface area (Å²) in [6.45, 7) is 18.4. The lowest BCUT2D eigenvalue weighted by Gasteiger charge is -2.67. The van der Waals surface area contributed by atoms with E-state index in [4.69, 9.17) is 4.74 Å². The zero-order valence-corrected chi connectivity index (χ0v) is 23.4. The van der Waals surface area contributed by atoms with E-state index in [2.05, 4.69) is 53.7 Å². The molecule has 9 atom stereocenters. The highest BCUT2D eigenvalue weighted by Gasteiger charge is 2.69. The Kier molecular flexibility index (Phi) is 6.57. The van der Waals surface area contributed by atoms with E-state index in [1.54, 1.807) is 0 Å². The van der Waals surface area contributed by atoms with Gasteiger partial charge in [0.2, 0.25) is 0 Å². The summed E-state index contributed by atoms with van der Waals surface area (Å²) in [6, 6.07) is 0. The Balaban J connectivity index is 1.69. The van der Waals surface area contributed by atoms with Crippen LogP contribution in [-0.4, -0.2) is 35.1 Å². The first-order chi connectivity index (χ1) is 15.6. The molecule has 0 heterocycles. The summed E-state index contributed by atoms with van der Waals surface area (Å²) in [4.78, 5) is 0. The molecule has 4 aliphatic rings. The van der Waals surface area contributed by atoms with Crippen molar-refractivity contribution in [1.82, 2.24) is 0 Å². The minimum absolute atomic E-state index is 0.120. The molecule has 194 valence electrons. The van der Waals surface area contributed by atoms with Gasteiger partial charge in [-0.2, -0.15) is 0 Å². The van der Waals surface area contributed by atoms with E-state index in [0.717, 1.165) is 19.3 Å². The molecule has 0 saturated heterocycles. The average Bonchev–Trinajstić information content (AvgIpc) is 3.00. The van der Waals surface area contributed by atoms with Crippen molar-refractivity contribution in [3.05, 3.63) is 23.8 Å². The maximum absolute atomic E-state index is 10.9. The SMILES string of the molecule is COC1C=C2C(CCC(O)C2(C)C)C2(C)CCC3(C)C(C(C)CC=CC(C)(C)O)CCC3(C)C12. The Morgan fingerprint density at radius 2 is 1.74 bits per heavy atom. The molecule has 0 bridgehead atoms. The van der Waals surface area contributed by atoms with Crippen molar-refractivity contribution in [2.75, 3.05) is 7.11 Å². The number of ether oxygens (including phenoxy) is 1. The monoisotopic (exact) mass is 472 g/mol. The van der Waals surface area contributed by atoms with Gasteiger partial charge in [-0.1, -0.05) is 65.3 Å². The van der Waals surface area contributed by atoms with E-state index in [9.17, 15) is 10.2 Å². The van der Waals surface area contributed by atoms with Crippen molar-refractivity contribution in [3.63, 3.8) is 0 Å². The van der Waals surface area contributed by atoms with Crippen LogP contribution in [0.1, 0.15) is 100 Å². The Hall–Kier alpha value is -0.640. The fourth-order valence-electron chi connectivity index (χ4n) is 9.63. The molecule has 0 spiro atoms. The molecule has 0 aliphatic heterocycles. The molecule has 0 aromatic heterocycles. The molecule has 3 nitrogen and oxygen atoms in total. The van der Waals surface area contributed by atoms with Gasteiger partial charge in [-0.15, -0.1) is 0 Å². The molecule has 2 N–H and O–H groups in total. The van der Waals surface area contributed by atoms with Crippen molar-refractivity contribution in [1.29, 1.82) is 0 Å². The standard InChI is InChI=1S/C31H52O3/c1-20(11-10-15-27(2,3)33)21-14-16-31(8)26-24(34-9)19-23-22(12-13-25(32)28(23,4)5)29(26,6)17-18-30(21,31)7/h10,15,19-22,24-26,32-33H,11-14,16-18H2,1-9H3. The lowest BCUT2D eigenvalue weighted by molar-refractivity contribution is -0.182. The Labute approximate surface area is 209 Å². The molecule has 4 rings (SSSR count). The zero-order chi connectivity index (χ0) is 25.3. The van der Waals surface area contributed by atoms with Crippen molar-refractivity contribution < 1.29 is 14.9 Å². The van der Waals surface area contributed by atoms with Gasteiger partial charge in [0.15, 0.2) is 0 Å². The lowest BCUT2D eigenvalue weighted by atomic mass is 9.38. The van der Waals surface area contributed by atoms with Gasteiger partial charge in [0.25, 0.3) is 0 Å². The summed E-state index contributed by atoms with van der Waals surface area (Å²) in [5.41, 5.74) is 1.31. The summed E-state index contributed by atoms with van der Waals surface area (Å²) in [6.07, 6.45) is 14.6. The largest absolute Gasteiger partial charge is 0.392 e. The third-order valence-corrected chi connectivity index (χ3v) is 11.8. The van der Waals surface area contributed by atoms with Crippen molar-refractivity contribution in [3.8, 4) is 0 Å². The number of aliphatic hydroxyl groups is 2. The van der Waals surface area contributed by atoms with Crippen molar-refractivity contribution in [2.24, 2.45) is 45.3 Å². The van der Waals surface area contributed by atoms with Crippen LogP contribution in [0.15, 0.2) is 23.8 Å². The smallest absolute Gasteiger partial charge is 0.0793 e. The molecule has 3 saturated carbocycles. The predicted molar refractivity (Wildman–Crippen MR) is 140 cm³/mol. The van der Waals surface area contributed by atoms with Crippen LogP contribution >= 0.6 is 0 Å². The molecular weight excluding hydrogens is 420 g/mol. The highest BCUT2D eigenvalue weighted by Crippen LogP contribution is 2.75. The minimum Gasteiger partial charge on any atom is -0.392 e. The second-order valence-electron chi connectivity index (χ2n) is 14.4. The maximum Gasteiger partial charge on any atom is 0.0793 e. The van der Waals surface area contributed by atoms with Gasteiger partial charge < -0.3 is 14.9 Å². The van der Waals surface area contributed by atoms with Gasteiger partial charge in [-0.3, -0.25) is 0 Å². The topological polar surface area (TPSA) is 49.7 Å². The molecule has 4 aliphatic carbocycles. The molecule has 0 aromatic rings. The molecule has 9 unspecified atom stereocenters. The van der Waals surface area contributed by atoms with Crippen LogP contribution in [0.4, 0.5) is 0 Å². The van der Waals surface area contributed by atoms with Gasteiger partial charge in [0.05, 0.1) is 17.8 Å². The van der Waals surface area contributed by atoms with E-state index < -0.39 is 5.60 Å². The number of fused-ring (bicyclic) bond motifs is 5. The molecule has 0 radical (unpaired) electrons. The number of rotatable bonds is 5. The fraction of sp³-hybridized carbons (Fsp3) is 0.871. The molecule has 3 heteroatoms. The first-order valence-electron chi connectivity index (χ1n) is 13.9. The van der Waals surface area contributed by atoms with E-state index in [-0.39, 0.29) is 28.5 Å². The molecule has 0 amide bonds. The van der Waals surface area contributed by atoms with Crippen LogP contribution in [0.2, 0.25) is 0 Å². The first kappa shape index (κ1) is 26.4. The van der Waals surface area contributed by atoms with Gasteiger partial charge in [-0.05, 0) is 92.8 Å². The zero-order valence-electron chi connectivity index (χ0n) is 23.4. The Morgan fingerprint density at radius 3 is 2.35 bits per heavy atom. The van der Waals surface area contributed by atoms with E-state index >= 15 is 0 Å². The summed E-state index contributed by atoms with van der Waals surface area (Å²) in [5, 5.41) is 21.0. The third-order valence-electron chi connectivity index (χ3n) is 11.8. The molecule has 0 aromatic carbocycles. The quantitative estimate of drug-likeness (QED) is 0.427. The van der Waals surface area contributed by atoms with Gasteiger partial charge in [0.1, 0.15) is 0 Å². The summed E-state index contributed by atoms with van der Waals surface area (Å²) in [5.74, 6) is 2.36. The van der Waals surface area contributed by atoms with Crippen LogP contribution < -0.4 is 0 Å². The fourth-order valence-corrected chi connectivity index (χ4v) is 9.63. The normalized spacial score (nSPS) is 47.0. The van der Waals surface area contributed by atoms with Crippen molar-refractivity contribution in [2.45, 2.75) is 118 Å². The number of hydrogen-bond donors (Lipinski definition) is 2. The summed E-state index contributed by atoms with van der Waals surface area (Å²) < 4.78 is 6.32. The highest BCUT2D eigenvalue weighted by atomic mass is 16.5. The summed E-state index contributed by atoms with van der Waals surface area (Å²) in [7, 11) is 1.90. The second-order valence-corrected chi connectivity index (χ2v) is 14.4. The Bertz CT molecular complexity index is 834. The number of methoxy groups -OCH3 is 1. The number of hydrogen-bond acceptors (Lipinski definition) is 3. The van der Waals surface area contributed by atoms with Crippen LogP contribution in [0.3, 0.4) is 0 Å². The highest BCUT2D eigenvalue weighted by molar-refractivity contribution is 5.32. The Morgan fingerprint density at radius 1 is 1.06 bits per heavy atom. The lowest BCUT2D eigenvalue weighted by Crippen LogP contribution is -2.63. The maximum atomic E-state index is 10.9. The van der Waals surface area contributed by atoms with Crippen LogP contribution in [0.25, 0.3) is 0 Å². The first-order valence-corrected chi connectivity index (χ1v) is 13.9. The molecular formula is C31H52O3. The van der Waals surface area contributed by atoms with E-state index in [1.165, 1.54) is 31.3 Å². The van der Waals surface area contributed by atoms with Crippen LogP contribution in [-0.2, 0) is 4.74 Å². The summed E-state index contributed by atoms with van der Waals surface area (Å²) >= 11 is 0. The predicted octanol–water partition coefficient (Wildman–Crippen LogP) is 6.93. The van der Waals surface area contributed by atoms with Crippen LogP contribution in [0.5, 0.6) is 0 Å². The van der Waals surface area contributed by atoms with Crippen LogP contribution in [0, 0.1) is 45.3 Å². The third kappa shape index (κ3) is 3.79. The van der Waals surface area contributed by atoms with Crippen molar-refractivity contribution >= 4 is 0 Å². The van der Waals surface area contributed by atoms with E-state index in [1.807, 2.05) is 27.0 Å². The second kappa shape index (κ2) is 8.45. The molecule has 34 heavy (non-hydrogen) atoms. The minimum atomic E-state index is -0.736. The number of aliphatic hydroxyl groups excluding tert-OH is 1. The van der Waals surface area contributed by atoms with Gasteiger partial charge in [-0.25, -0.2) is 0 Å². The van der Waals surface area contributed by atoms with Gasteiger partial charge >= 0.3 is 0 Å². The molecule has 3 fully saturated rings. The average molecular weight is 473 g/mol. The van der Waals surface area contributed by atoms with E-state index in [0.29, 0.717) is 29.1 Å². The number of allylic oxidation sites excluding steroid dienone is 1.